The second-order valence-electron chi connectivity index (χ2n) is 7.47. The molecule has 0 spiro atoms. The summed E-state index contributed by atoms with van der Waals surface area (Å²) in [4.78, 5) is 24.5. The highest BCUT2D eigenvalue weighted by atomic mass is 19.1. The quantitative estimate of drug-likeness (QED) is 0.359. The van der Waals surface area contributed by atoms with Crippen LogP contribution in [0.15, 0.2) is 41.1 Å². The van der Waals surface area contributed by atoms with E-state index >= 15 is 0 Å². The maximum Gasteiger partial charge on any atom is 0.312 e. The highest BCUT2D eigenvalue weighted by Crippen LogP contribution is 2.33. The number of rotatable bonds is 7. The smallest absolute Gasteiger partial charge is 0.312 e. The molecule has 1 aliphatic rings. The SMILES string of the molecule is CC.Cc1ccc(Nc2c(C(=O)NOCCN3CCCCC3)oc3ccncc23)c(F)c1.[HH].[HH]. The van der Waals surface area contributed by atoms with Crippen LogP contribution in [-0.2, 0) is 4.84 Å². The van der Waals surface area contributed by atoms with E-state index in [0.29, 0.717) is 23.3 Å². The molecule has 0 aliphatic carbocycles. The van der Waals surface area contributed by atoms with E-state index < -0.39 is 11.7 Å². The summed E-state index contributed by atoms with van der Waals surface area (Å²) in [6.45, 7) is 9.06. The number of fused-ring (bicyclic) bond motifs is 1. The van der Waals surface area contributed by atoms with Gasteiger partial charge in [0.15, 0.2) is 0 Å². The second kappa shape index (κ2) is 11.6. The number of pyridine rings is 1. The minimum Gasteiger partial charge on any atom is -0.448 e. The first kappa shape index (κ1) is 23.7. The molecule has 3 heterocycles. The number of anilines is 2. The number of benzene rings is 1. The fourth-order valence-electron chi connectivity index (χ4n) is 3.60. The Morgan fingerprint density at radius 3 is 2.78 bits per heavy atom. The first-order valence-electron chi connectivity index (χ1n) is 11.2. The van der Waals surface area contributed by atoms with Gasteiger partial charge in [0.1, 0.15) is 17.1 Å². The summed E-state index contributed by atoms with van der Waals surface area (Å²) >= 11 is 0. The third-order valence-corrected chi connectivity index (χ3v) is 5.20. The zero-order chi connectivity index (χ0) is 22.9. The predicted octanol–water partition coefficient (Wildman–Crippen LogP) is 5.68. The van der Waals surface area contributed by atoms with E-state index in [2.05, 4.69) is 20.7 Å². The lowest BCUT2D eigenvalue weighted by Gasteiger charge is -2.25. The molecule has 0 bridgehead atoms. The van der Waals surface area contributed by atoms with Gasteiger partial charge in [-0.05, 0) is 56.6 Å². The average Bonchev–Trinajstić information content (AvgIpc) is 3.19. The van der Waals surface area contributed by atoms with Crippen LogP contribution in [0.2, 0.25) is 0 Å². The molecule has 2 aromatic heterocycles. The maximum absolute atomic E-state index is 14.4. The van der Waals surface area contributed by atoms with E-state index in [1.54, 1.807) is 30.6 Å². The standard InChI is InChI=1S/C22H25FN4O3.C2H6.2H2/c1-15-5-6-18(17(23)13-15)25-20-16-14-24-8-7-19(16)30-21(20)22(28)26-29-12-11-27-9-3-2-4-10-27;1-2;;/h5-8,13-14,25H,2-4,9-12H2,1H3,(H,26,28);1-2H3;2*1H. The summed E-state index contributed by atoms with van der Waals surface area (Å²) in [7, 11) is 0. The lowest BCUT2D eigenvalue weighted by molar-refractivity contribution is 0.0189. The van der Waals surface area contributed by atoms with Gasteiger partial charge < -0.3 is 14.6 Å². The summed E-state index contributed by atoms with van der Waals surface area (Å²) in [5.41, 5.74) is 4.30. The van der Waals surface area contributed by atoms with Crippen molar-refractivity contribution in [3.8, 4) is 0 Å². The summed E-state index contributed by atoms with van der Waals surface area (Å²) in [5, 5.41) is 3.56. The van der Waals surface area contributed by atoms with Crippen molar-refractivity contribution in [1.82, 2.24) is 15.4 Å². The Kier molecular flexibility index (Phi) is 8.58. The van der Waals surface area contributed by atoms with Gasteiger partial charge in [0.25, 0.3) is 0 Å². The number of carbonyl (C=O) groups is 1. The molecule has 7 nitrogen and oxygen atoms in total. The monoisotopic (exact) mass is 446 g/mol. The fourth-order valence-corrected chi connectivity index (χ4v) is 3.60. The van der Waals surface area contributed by atoms with Crippen LogP contribution in [0.25, 0.3) is 11.0 Å². The van der Waals surface area contributed by atoms with Crippen LogP contribution in [-0.4, -0.2) is 42.0 Å². The van der Waals surface area contributed by atoms with Crippen molar-refractivity contribution in [2.24, 2.45) is 0 Å². The van der Waals surface area contributed by atoms with Gasteiger partial charge in [0, 0.05) is 21.8 Å². The van der Waals surface area contributed by atoms with Crippen molar-refractivity contribution < 1.29 is 21.3 Å². The number of furan rings is 1. The molecule has 32 heavy (non-hydrogen) atoms. The Balaban J connectivity index is 0.00000141. The average molecular weight is 447 g/mol. The van der Waals surface area contributed by atoms with Gasteiger partial charge >= 0.3 is 5.91 Å². The molecule has 0 radical (unpaired) electrons. The summed E-state index contributed by atoms with van der Waals surface area (Å²) in [5.74, 6) is -0.951. The minimum absolute atomic E-state index is 0. The summed E-state index contributed by atoms with van der Waals surface area (Å²) in [6.07, 6.45) is 6.81. The van der Waals surface area contributed by atoms with Crippen molar-refractivity contribution in [3.05, 3.63) is 53.8 Å². The van der Waals surface area contributed by atoms with Crippen LogP contribution < -0.4 is 10.8 Å². The van der Waals surface area contributed by atoms with E-state index in [1.165, 1.54) is 25.3 Å². The van der Waals surface area contributed by atoms with Gasteiger partial charge in [-0.1, -0.05) is 26.3 Å². The van der Waals surface area contributed by atoms with Gasteiger partial charge in [0.2, 0.25) is 5.76 Å². The highest BCUT2D eigenvalue weighted by Gasteiger charge is 2.22. The first-order valence-corrected chi connectivity index (χ1v) is 11.2. The molecular weight excluding hydrogens is 411 g/mol. The zero-order valence-electron chi connectivity index (χ0n) is 18.9. The number of amides is 1. The topological polar surface area (TPSA) is 79.6 Å². The Morgan fingerprint density at radius 2 is 2.03 bits per heavy atom. The molecule has 1 aliphatic heterocycles. The summed E-state index contributed by atoms with van der Waals surface area (Å²) < 4.78 is 20.1. The molecule has 8 heteroatoms. The number of hydrogen-bond acceptors (Lipinski definition) is 6. The van der Waals surface area contributed by atoms with E-state index in [9.17, 15) is 9.18 Å². The Morgan fingerprint density at radius 1 is 1.25 bits per heavy atom. The molecule has 1 amide bonds. The molecule has 2 N–H and O–H groups in total. The highest BCUT2D eigenvalue weighted by molar-refractivity contribution is 6.06. The largest absolute Gasteiger partial charge is 0.448 e. The van der Waals surface area contributed by atoms with Crippen molar-refractivity contribution in [3.63, 3.8) is 0 Å². The van der Waals surface area contributed by atoms with Crippen LogP contribution in [0, 0.1) is 12.7 Å². The predicted molar refractivity (Wildman–Crippen MR) is 128 cm³/mol. The number of halogens is 1. The molecule has 3 aromatic rings. The first-order chi connectivity index (χ1) is 15.6. The van der Waals surface area contributed by atoms with Crippen LogP contribution in [0.4, 0.5) is 15.8 Å². The molecule has 1 saturated heterocycles. The Bertz CT molecular complexity index is 1040. The number of piperidine rings is 1. The van der Waals surface area contributed by atoms with E-state index in [0.717, 1.165) is 25.2 Å². The molecular formula is C24H35FN4O3. The number of nitrogens with zero attached hydrogens (tertiary/aromatic N) is 2. The normalized spacial score (nSPS) is 14.0. The molecule has 1 fully saturated rings. The van der Waals surface area contributed by atoms with Crippen LogP contribution in [0.3, 0.4) is 0 Å². The number of hydrogen-bond donors (Lipinski definition) is 2. The van der Waals surface area contributed by atoms with Gasteiger partial charge in [-0.2, -0.15) is 0 Å². The maximum atomic E-state index is 14.4. The van der Waals surface area contributed by atoms with Gasteiger partial charge in [-0.3, -0.25) is 14.6 Å². The molecule has 1 aromatic carbocycles. The van der Waals surface area contributed by atoms with Crippen molar-refractivity contribution >= 4 is 28.3 Å². The molecule has 0 atom stereocenters. The number of nitrogens with one attached hydrogen (secondary N) is 2. The van der Waals surface area contributed by atoms with E-state index in [1.807, 2.05) is 20.8 Å². The number of likely N-dealkylation sites (tertiary alicyclic amines) is 1. The van der Waals surface area contributed by atoms with Crippen LogP contribution in [0.1, 0.15) is 52.1 Å². The van der Waals surface area contributed by atoms with E-state index in [4.69, 9.17) is 9.25 Å². The van der Waals surface area contributed by atoms with E-state index in [-0.39, 0.29) is 14.3 Å². The molecule has 0 unspecified atom stereocenters. The Hall–Kier alpha value is -2.97. The van der Waals surface area contributed by atoms with Crippen LogP contribution in [0.5, 0.6) is 0 Å². The minimum atomic E-state index is -0.542. The molecule has 176 valence electrons. The van der Waals surface area contributed by atoms with Gasteiger partial charge in [-0.25, -0.2) is 9.87 Å². The van der Waals surface area contributed by atoms with Crippen molar-refractivity contribution in [1.29, 1.82) is 0 Å². The number of carbonyl (C=O) groups excluding carboxylic acids is 1. The molecule has 4 rings (SSSR count). The number of hydroxylamine groups is 1. The fraction of sp³-hybridized carbons (Fsp3) is 0.417. The van der Waals surface area contributed by atoms with Crippen molar-refractivity contribution in [2.75, 3.05) is 31.6 Å². The summed E-state index contributed by atoms with van der Waals surface area (Å²) in [6, 6.07) is 6.48. The lowest BCUT2D eigenvalue weighted by Crippen LogP contribution is -2.35. The third-order valence-electron chi connectivity index (χ3n) is 5.20. The second-order valence-corrected chi connectivity index (χ2v) is 7.47. The van der Waals surface area contributed by atoms with Crippen molar-refractivity contribution in [2.45, 2.75) is 40.0 Å². The number of aryl methyl sites for hydroxylation is 1. The van der Waals surface area contributed by atoms with Crippen LogP contribution >= 0.6 is 0 Å². The lowest BCUT2D eigenvalue weighted by atomic mass is 10.1. The molecule has 0 saturated carbocycles. The van der Waals surface area contributed by atoms with Gasteiger partial charge in [-0.15, -0.1) is 0 Å². The number of aromatic nitrogens is 1. The zero-order valence-corrected chi connectivity index (χ0v) is 18.9. The van der Waals surface area contributed by atoms with Gasteiger partial charge in [0.05, 0.1) is 17.7 Å². The Labute approximate surface area is 190 Å². The third kappa shape index (κ3) is 5.83.